The molecule has 2 bridgehead atoms. The van der Waals surface area contributed by atoms with Crippen LogP contribution in [0.4, 0.5) is 13.2 Å². The van der Waals surface area contributed by atoms with Crippen molar-refractivity contribution < 1.29 is 27.9 Å². The van der Waals surface area contributed by atoms with Gasteiger partial charge in [-0.2, -0.15) is 0 Å². The normalized spacial score (nSPS) is 16.8. The fraction of sp³-hybridized carbons (Fsp3) is 0.269. The Kier molecular flexibility index (Phi) is 6.36. The Morgan fingerprint density at radius 1 is 1.03 bits per heavy atom. The Morgan fingerprint density at radius 3 is 2.41 bits per heavy atom. The van der Waals surface area contributed by atoms with E-state index in [0.29, 0.717) is 31.6 Å². The van der Waals surface area contributed by atoms with Gasteiger partial charge in [0.25, 0.3) is 11.8 Å². The van der Waals surface area contributed by atoms with Crippen LogP contribution in [0.3, 0.4) is 0 Å². The van der Waals surface area contributed by atoms with Crippen LogP contribution in [0.1, 0.15) is 44.8 Å². The molecule has 0 spiro atoms. The van der Waals surface area contributed by atoms with Crippen molar-refractivity contribution in [1.82, 2.24) is 14.9 Å². The largest absolute Gasteiger partial charge is 0.502 e. The highest BCUT2D eigenvalue weighted by Crippen LogP contribution is 2.29. The van der Waals surface area contributed by atoms with E-state index in [0.717, 1.165) is 18.4 Å². The number of rotatable bonds is 5. The zero-order valence-corrected chi connectivity index (χ0v) is 19.6. The van der Waals surface area contributed by atoms with E-state index in [9.17, 15) is 32.7 Å². The zero-order valence-electron chi connectivity index (χ0n) is 19.6. The van der Waals surface area contributed by atoms with Crippen molar-refractivity contribution in [1.29, 1.82) is 0 Å². The van der Waals surface area contributed by atoms with Crippen molar-refractivity contribution in [2.24, 2.45) is 0 Å². The van der Waals surface area contributed by atoms with Crippen LogP contribution in [0.5, 0.6) is 5.75 Å². The number of hydrogen-bond donors (Lipinski definition) is 2. The lowest BCUT2D eigenvalue weighted by atomic mass is 10.1. The number of nitrogens with one attached hydrogen (secondary N) is 1. The van der Waals surface area contributed by atoms with E-state index in [1.165, 1.54) is 10.9 Å². The van der Waals surface area contributed by atoms with E-state index in [4.69, 9.17) is 0 Å². The first kappa shape index (κ1) is 24.4. The molecule has 192 valence electrons. The Bertz CT molecular complexity index is 1420. The molecule has 8 nitrogen and oxygen atoms in total. The first-order valence-electron chi connectivity index (χ1n) is 11.8. The Hall–Kier alpha value is -4.28. The minimum Gasteiger partial charge on any atom is -0.502 e. The van der Waals surface area contributed by atoms with Gasteiger partial charge in [-0.05, 0) is 18.4 Å². The number of fused-ring (bicyclic) bond motifs is 4. The third kappa shape index (κ3) is 4.41. The minimum atomic E-state index is -1.19. The maximum absolute atomic E-state index is 14.0. The standard InChI is InChI=1S/C26H23F3N4O4/c27-16-11-19(28)17(20(29)12-16)13-30-25(36)18-14-33-22(24(35)23(18)34)26(37)31-8-4-5-9-32(33)21(31)10-15-6-2-1-3-7-15/h1-3,6-7,11-12,14,21,35H,4-5,8-10,13H2,(H,30,36). The molecule has 37 heavy (non-hydrogen) atoms. The van der Waals surface area contributed by atoms with Crippen LogP contribution in [0.15, 0.2) is 53.5 Å². The van der Waals surface area contributed by atoms with Gasteiger partial charge in [0.2, 0.25) is 5.43 Å². The summed E-state index contributed by atoms with van der Waals surface area (Å²) < 4.78 is 42.5. The van der Waals surface area contributed by atoms with Gasteiger partial charge in [0.15, 0.2) is 11.4 Å². The summed E-state index contributed by atoms with van der Waals surface area (Å²) in [5.41, 5.74) is -1.44. The molecule has 2 aliphatic rings. The molecule has 1 saturated heterocycles. The van der Waals surface area contributed by atoms with E-state index < -0.39 is 64.3 Å². The van der Waals surface area contributed by atoms with Gasteiger partial charge in [-0.25, -0.2) is 13.2 Å². The SMILES string of the molecule is O=C(NCc1c(F)cc(F)cc1F)c1cn2c(c(O)c1=O)C(=O)N1CCCCN2C1Cc1ccccc1. The quantitative estimate of drug-likeness (QED) is 0.548. The van der Waals surface area contributed by atoms with Crippen LogP contribution < -0.4 is 15.8 Å². The third-order valence-corrected chi connectivity index (χ3v) is 6.68. The Morgan fingerprint density at radius 2 is 1.70 bits per heavy atom. The molecule has 3 aromatic rings. The molecule has 0 aliphatic carbocycles. The highest BCUT2D eigenvalue weighted by Gasteiger charge is 2.41. The van der Waals surface area contributed by atoms with E-state index in [2.05, 4.69) is 5.32 Å². The van der Waals surface area contributed by atoms with Gasteiger partial charge in [-0.3, -0.25) is 24.1 Å². The number of benzene rings is 2. The number of nitrogens with zero attached hydrogens (tertiary/aromatic N) is 3. The van der Waals surface area contributed by atoms with Gasteiger partial charge in [0.1, 0.15) is 29.2 Å². The molecule has 1 atom stereocenters. The highest BCUT2D eigenvalue weighted by molar-refractivity contribution is 5.99. The summed E-state index contributed by atoms with van der Waals surface area (Å²) in [6.45, 7) is 0.271. The van der Waals surface area contributed by atoms with E-state index in [1.807, 2.05) is 35.3 Å². The molecule has 1 fully saturated rings. The molecule has 2 N–H and O–H groups in total. The predicted octanol–water partition coefficient (Wildman–Crippen LogP) is 2.66. The molecule has 2 amide bonds. The van der Waals surface area contributed by atoms with Crippen LogP contribution in [0.25, 0.3) is 0 Å². The van der Waals surface area contributed by atoms with E-state index in [1.54, 1.807) is 4.90 Å². The molecule has 5 rings (SSSR count). The summed E-state index contributed by atoms with van der Waals surface area (Å²) in [7, 11) is 0. The van der Waals surface area contributed by atoms with Crippen LogP contribution in [0.2, 0.25) is 0 Å². The second kappa shape index (κ2) is 9.64. The van der Waals surface area contributed by atoms with Gasteiger partial charge in [0.05, 0.1) is 0 Å². The molecule has 0 saturated carbocycles. The molecular formula is C26H23F3N4O4. The van der Waals surface area contributed by atoms with Crippen molar-refractivity contribution in [3.63, 3.8) is 0 Å². The molecule has 2 aliphatic heterocycles. The number of pyridine rings is 1. The Balaban J connectivity index is 1.51. The first-order valence-corrected chi connectivity index (χ1v) is 11.8. The second-order valence-corrected chi connectivity index (χ2v) is 8.98. The number of amides is 2. The fourth-order valence-corrected chi connectivity index (χ4v) is 4.84. The average Bonchev–Trinajstić information content (AvgIpc) is 3.03. The zero-order chi connectivity index (χ0) is 26.3. The lowest BCUT2D eigenvalue weighted by molar-refractivity contribution is 0.0590. The molecule has 1 aromatic heterocycles. The topological polar surface area (TPSA) is 94.9 Å². The number of halogens is 3. The number of aromatic hydroxyl groups is 1. The van der Waals surface area contributed by atoms with Crippen LogP contribution >= 0.6 is 0 Å². The van der Waals surface area contributed by atoms with E-state index >= 15 is 0 Å². The average molecular weight is 512 g/mol. The number of hydrogen-bond acceptors (Lipinski definition) is 5. The summed E-state index contributed by atoms with van der Waals surface area (Å²) in [4.78, 5) is 40.8. The van der Waals surface area contributed by atoms with Crippen LogP contribution in [0, 0.1) is 17.5 Å². The van der Waals surface area contributed by atoms with Gasteiger partial charge in [-0.15, -0.1) is 0 Å². The Labute approximate surface area is 209 Å². The summed E-state index contributed by atoms with van der Waals surface area (Å²) in [6.07, 6.45) is 2.66. The molecular weight excluding hydrogens is 489 g/mol. The summed E-state index contributed by atoms with van der Waals surface area (Å²) >= 11 is 0. The van der Waals surface area contributed by atoms with Crippen molar-refractivity contribution in [2.75, 3.05) is 18.1 Å². The van der Waals surface area contributed by atoms with Gasteiger partial charge in [-0.1, -0.05) is 30.3 Å². The summed E-state index contributed by atoms with van der Waals surface area (Å²) in [5.74, 6) is -5.92. The molecule has 1 unspecified atom stereocenters. The van der Waals surface area contributed by atoms with Gasteiger partial charge < -0.3 is 15.3 Å². The molecule has 0 radical (unpaired) electrons. The molecule has 2 aromatic carbocycles. The summed E-state index contributed by atoms with van der Waals surface area (Å²) in [6, 6.07) is 10.5. The number of carbonyl (C=O) groups excluding carboxylic acids is 2. The second-order valence-electron chi connectivity index (χ2n) is 8.98. The van der Waals surface area contributed by atoms with Crippen LogP contribution in [-0.2, 0) is 13.0 Å². The molecule has 3 heterocycles. The smallest absolute Gasteiger partial charge is 0.278 e. The number of aromatic nitrogens is 1. The fourth-order valence-electron chi connectivity index (χ4n) is 4.84. The van der Waals surface area contributed by atoms with Crippen molar-refractivity contribution in [3.8, 4) is 5.75 Å². The van der Waals surface area contributed by atoms with Crippen molar-refractivity contribution in [3.05, 3.63) is 98.7 Å². The maximum atomic E-state index is 14.0. The van der Waals surface area contributed by atoms with Gasteiger partial charge in [0, 0.05) is 49.9 Å². The molecule has 11 heteroatoms. The summed E-state index contributed by atoms with van der Waals surface area (Å²) in [5, 5.41) is 14.8. The van der Waals surface area contributed by atoms with Gasteiger partial charge >= 0.3 is 0 Å². The first-order chi connectivity index (χ1) is 17.8. The predicted molar refractivity (Wildman–Crippen MR) is 127 cm³/mol. The highest BCUT2D eigenvalue weighted by atomic mass is 19.1. The lowest BCUT2D eigenvalue weighted by Gasteiger charge is -2.45. The van der Waals surface area contributed by atoms with Crippen molar-refractivity contribution >= 4 is 11.8 Å². The monoisotopic (exact) mass is 512 g/mol. The lowest BCUT2D eigenvalue weighted by Crippen LogP contribution is -2.61. The number of carbonyl (C=O) groups is 2. The maximum Gasteiger partial charge on any atom is 0.278 e. The van der Waals surface area contributed by atoms with Crippen LogP contribution in [-0.4, -0.2) is 45.8 Å². The van der Waals surface area contributed by atoms with E-state index in [-0.39, 0.29) is 5.69 Å². The third-order valence-electron chi connectivity index (χ3n) is 6.68. The van der Waals surface area contributed by atoms with Crippen molar-refractivity contribution in [2.45, 2.75) is 32.0 Å². The minimum absolute atomic E-state index is 0.247.